The van der Waals surface area contributed by atoms with Crippen molar-refractivity contribution >= 4 is 17.8 Å². The van der Waals surface area contributed by atoms with E-state index in [9.17, 15) is 14.4 Å². The zero-order valence-electron chi connectivity index (χ0n) is 19.8. The number of aromatic amines is 1. The molecule has 0 bridgehead atoms. The predicted molar refractivity (Wildman–Crippen MR) is 124 cm³/mol. The van der Waals surface area contributed by atoms with Crippen molar-refractivity contribution in [1.29, 1.82) is 0 Å². The molecule has 1 aromatic heterocycles. The van der Waals surface area contributed by atoms with Gasteiger partial charge in [0.05, 0.1) is 24.7 Å². The molecule has 0 unspecified atom stereocenters. The topological polar surface area (TPSA) is 101 Å². The van der Waals surface area contributed by atoms with Crippen LogP contribution in [-0.2, 0) is 16.1 Å². The van der Waals surface area contributed by atoms with E-state index in [2.05, 4.69) is 10.3 Å². The summed E-state index contributed by atoms with van der Waals surface area (Å²) in [6.07, 6.45) is 1.48. The fourth-order valence-corrected chi connectivity index (χ4v) is 4.21. The molecule has 178 valence electrons. The lowest BCUT2D eigenvalue weighted by Crippen LogP contribution is -2.45. The van der Waals surface area contributed by atoms with Crippen LogP contribution >= 0.6 is 0 Å². The quantitative estimate of drug-likeness (QED) is 0.595. The molecule has 2 aromatic rings. The fourth-order valence-electron chi connectivity index (χ4n) is 4.21. The minimum absolute atomic E-state index is 0.0621. The number of hydrogen-bond acceptors (Lipinski definition) is 5. The van der Waals surface area contributed by atoms with Gasteiger partial charge in [-0.2, -0.15) is 0 Å². The molecule has 8 heteroatoms. The van der Waals surface area contributed by atoms with Crippen LogP contribution in [0, 0.1) is 19.8 Å². The third-order valence-electron chi connectivity index (χ3n) is 5.91. The largest absolute Gasteiger partial charge is 0.494 e. The van der Waals surface area contributed by atoms with Crippen LogP contribution in [0.3, 0.4) is 0 Å². The van der Waals surface area contributed by atoms with Crippen LogP contribution in [0.5, 0.6) is 5.75 Å². The maximum atomic E-state index is 13.2. The number of ether oxygens (including phenoxy) is 2. The SMILES string of the molecule is CCOC(=O)c1c(C)[nH]c(C(=O)N2CCC[C@H](C(=O)NCc3ccc(OCC)cc3)C2)c1C. The summed E-state index contributed by atoms with van der Waals surface area (Å²) in [6, 6.07) is 7.63. The number of likely N-dealkylation sites (tertiary alicyclic amines) is 1. The lowest BCUT2D eigenvalue weighted by Gasteiger charge is -2.32. The van der Waals surface area contributed by atoms with Gasteiger partial charge in [-0.1, -0.05) is 12.1 Å². The first-order valence-electron chi connectivity index (χ1n) is 11.5. The highest BCUT2D eigenvalue weighted by atomic mass is 16.5. The highest BCUT2D eigenvalue weighted by Crippen LogP contribution is 2.24. The summed E-state index contributed by atoms with van der Waals surface area (Å²) in [4.78, 5) is 43.0. The van der Waals surface area contributed by atoms with Crippen LogP contribution in [0.2, 0.25) is 0 Å². The van der Waals surface area contributed by atoms with Crippen molar-refractivity contribution in [2.24, 2.45) is 5.92 Å². The Hall–Kier alpha value is -3.29. The summed E-state index contributed by atoms with van der Waals surface area (Å²) in [7, 11) is 0. The van der Waals surface area contributed by atoms with Crippen LogP contribution in [0.25, 0.3) is 0 Å². The molecule has 2 heterocycles. The van der Waals surface area contributed by atoms with E-state index in [0.717, 1.165) is 24.2 Å². The molecule has 1 fully saturated rings. The first-order valence-corrected chi connectivity index (χ1v) is 11.5. The van der Waals surface area contributed by atoms with Gasteiger partial charge in [0, 0.05) is 25.3 Å². The number of H-pyrrole nitrogens is 1. The fraction of sp³-hybridized carbons (Fsp3) is 0.480. The number of benzene rings is 1. The van der Waals surface area contributed by atoms with E-state index in [4.69, 9.17) is 9.47 Å². The lowest BCUT2D eigenvalue weighted by molar-refractivity contribution is -0.126. The van der Waals surface area contributed by atoms with E-state index in [0.29, 0.717) is 48.8 Å². The van der Waals surface area contributed by atoms with Gasteiger partial charge in [-0.25, -0.2) is 4.79 Å². The number of piperidine rings is 1. The van der Waals surface area contributed by atoms with Crippen molar-refractivity contribution in [1.82, 2.24) is 15.2 Å². The smallest absolute Gasteiger partial charge is 0.340 e. The van der Waals surface area contributed by atoms with Gasteiger partial charge in [-0.05, 0) is 63.8 Å². The molecule has 0 radical (unpaired) electrons. The number of esters is 1. The lowest BCUT2D eigenvalue weighted by atomic mass is 9.96. The molecule has 2 amide bonds. The first kappa shape index (κ1) is 24.4. The maximum absolute atomic E-state index is 13.2. The van der Waals surface area contributed by atoms with Gasteiger partial charge in [0.1, 0.15) is 11.4 Å². The van der Waals surface area contributed by atoms with E-state index in [-0.39, 0.29) is 24.3 Å². The van der Waals surface area contributed by atoms with Gasteiger partial charge in [0.2, 0.25) is 5.91 Å². The molecule has 1 atom stereocenters. The average molecular weight is 456 g/mol. The standard InChI is InChI=1S/C25H33N3O5/c1-5-32-20-11-9-18(10-12-20)14-26-23(29)19-8-7-13-28(15-19)24(30)22-16(3)21(17(4)27-22)25(31)33-6-2/h9-12,19,27H,5-8,13-15H2,1-4H3,(H,26,29)/t19-/m0/s1. The molecule has 33 heavy (non-hydrogen) atoms. The number of carbonyl (C=O) groups is 3. The first-order chi connectivity index (χ1) is 15.8. The second-order valence-electron chi connectivity index (χ2n) is 8.23. The molecular formula is C25H33N3O5. The molecular weight excluding hydrogens is 422 g/mol. The minimum Gasteiger partial charge on any atom is -0.494 e. The predicted octanol–water partition coefficient (Wildman–Crippen LogP) is 3.38. The van der Waals surface area contributed by atoms with Gasteiger partial charge in [0.25, 0.3) is 5.91 Å². The van der Waals surface area contributed by atoms with E-state index in [1.807, 2.05) is 31.2 Å². The van der Waals surface area contributed by atoms with E-state index < -0.39 is 5.97 Å². The molecule has 2 N–H and O–H groups in total. The number of aromatic nitrogens is 1. The van der Waals surface area contributed by atoms with Crippen molar-refractivity contribution < 1.29 is 23.9 Å². The Morgan fingerprint density at radius 3 is 2.52 bits per heavy atom. The maximum Gasteiger partial charge on any atom is 0.340 e. The highest BCUT2D eigenvalue weighted by molar-refractivity contribution is 6.00. The van der Waals surface area contributed by atoms with Crippen LogP contribution in [-0.4, -0.2) is 54.0 Å². The Kier molecular flexibility index (Phi) is 8.14. The Morgan fingerprint density at radius 1 is 1.12 bits per heavy atom. The zero-order chi connectivity index (χ0) is 24.0. The van der Waals surface area contributed by atoms with Crippen LogP contribution in [0.15, 0.2) is 24.3 Å². The van der Waals surface area contributed by atoms with Crippen LogP contribution in [0.1, 0.15) is 64.4 Å². The molecule has 3 rings (SSSR count). The zero-order valence-corrected chi connectivity index (χ0v) is 19.8. The Labute approximate surface area is 194 Å². The van der Waals surface area contributed by atoms with E-state index in [1.54, 1.807) is 25.7 Å². The molecule has 0 spiro atoms. The van der Waals surface area contributed by atoms with E-state index in [1.165, 1.54) is 0 Å². The number of amides is 2. The molecule has 8 nitrogen and oxygen atoms in total. The summed E-state index contributed by atoms with van der Waals surface area (Å²) in [5, 5.41) is 2.99. The second kappa shape index (κ2) is 11.0. The van der Waals surface area contributed by atoms with E-state index >= 15 is 0 Å². The highest BCUT2D eigenvalue weighted by Gasteiger charge is 2.31. The average Bonchev–Trinajstić information content (AvgIpc) is 3.12. The Morgan fingerprint density at radius 2 is 1.85 bits per heavy atom. The number of aryl methyl sites for hydroxylation is 1. The van der Waals surface area contributed by atoms with Gasteiger partial charge in [0.15, 0.2) is 0 Å². The van der Waals surface area contributed by atoms with Crippen LogP contribution in [0.4, 0.5) is 0 Å². The van der Waals surface area contributed by atoms with Crippen molar-refractivity contribution in [3.8, 4) is 5.75 Å². The molecule has 0 saturated carbocycles. The summed E-state index contributed by atoms with van der Waals surface area (Å²) in [6.45, 7) is 9.41. The Balaban J connectivity index is 1.61. The summed E-state index contributed by atoms with van der Waals surface area (Å²) in [5.41, 5.74) is 2.96. The normalized spacial score (nSPS) is 15.8. The van der Waals surface area contributed by atoms with Crippen molar-refractivity contribution in [3.05, 3.63) is 52.3 Å². The van der Waals surface area contributed by atoms with Gasteiger partial charge in [-0.3, -0.25) is 9.59 Å². The van der Waals surface area contributed by atoms with Crippen molar-refractivity contribution in [3.63, 3.8) is 0 Å². The number of hydrogen-bond donors (Lipinski definition) is 2. The Bertz CT molecular complexity index is 996. The van der Waals surface area contributed by atoms with Gasteiger partial charge in [-0.15, -0.1) is 0 Å². The van der Waals surface area contributed by atoms with Crippen molar-refractivity contribution in [2.75, 3.05) is 26.3 Å². The number of nitrogens with one attached hydrogen (secondary N) is 2. The molecule has 1 saturated heterocycles. The number of nitrogens with zero attached hydrogens (tertiary/aromatic N) is 1. The molecule has 1 aliphatic rings. The summed E-state index contributed by atoms with van der Waals surface area (Å²) < 4.78 is 10.6. The third-order valence-corrected chi connectivity index (χ3v) is 5.91. The monoisotopic (exact) mass is 455 g/mol. The van der Waals surface area contributed by atoms with Gasteiger partial charge < -0.3 is 24.7 Å². The number of carbonyl (C=O) groups excluding carboxylic acids is 3. The van der Waals surface area contributed by atoms with Crippen LogP contribution < -0.4 is 10.1 Å². The second-order valence-corrected chi connectivity index (χ2v) is 8.23. The molecule has 1 aromatic carbocycles. The summed E-state index contributed by atoms with van der Waals surface area (Å²) >= 11 is 0. The van der Waals surface area contributed by atoms with Crippen molar-refractivity contribution in [2.45, 2.75) is 47.1 Å². The third kappa shape index (κ3) is 5.74. The molecule has 0 aliphatic carbocycles. The van der Waals surface area contributed by atoms with Gasteiger partial charge >= 0.3 is 5.97 Å². The minimum atomic E-state index is -0.437. The summed E-state index contributed by atoms with van der Waals surface area (Å²) in [5.74, 6) is -0.169. The number of rotatable bonds is 8. The molecule has 1 aliphatic heterocycles.